The Balaban J connectivity index is 1.13. The first kappa shape index (κ1) is 32.7. The van der Waals surface area contributed by atoms with Crippen LogP contribution in [0, 0.1) is 11.3 Å². The number of amidine groups is 1. The third-order valence-electron chi connectivity index (χ3n) is 11.4. The molecule has 0 aromatic heterocycles. The molecule has 1 heterocycles. The predicted molar refractivity (Wildman–Crippen MR) is 221 cm³/mol. The van der Waals surface area contributed by atoms with Crippen LogP contribution >= 0.6 is 0 Å². The zero-order valence-corrected chi connectivity index (χ0v) is 30.1. The summed E-state index contributed by atoms with van der Waals surface area (Å²) in [5, 5.41) is 17.8. The molecule has 0 saturated heterocycles. The molecule has 8 aromatic rings. The van der Waals surface area contributed by atoms with Gasteiger partial charge in [-0.25, -0.2) is 10.3 Å². The molecule has 0 radical (unpaired) electrons. The molecular weight excluding hydrogens is 669 g/mol. The summed E-state index contributed by atoms with van der Waals surface area (Å²) in [6.45, 7) is 0. The molecule has 0 spiro atoms. The second-order valence-corrected chi connectivity index (χ2v) is 14.4. The van der Waals surface area contributed by atoms with Gasteiger partial charge in [0.05, 0.1) is 22.6 Å². The van der Waals surface area contributed by atoms with Crippen LogP contribution in [0.15, 0.2) is 199 Å². The van der Waals surface area contributed by atoms with E-state index in [9.17, 15) is 5.26 Å². The van der Waals surface area contributed by atoms with Gasteiger partial charge in [0.1, 0.15) is 6.17 Å². The molecule has 8 aromatic carbocycles. The van der Waals surface area contributed by atoms with E-state index in [1.165, 1.54) is 49.7 Å². The number of nitrogens with zero attached hydrogens (tertiary/aromatic N) is 2. The van der Waals surface area contributed by atoms with Crippen LogP contribution in [0.5, 0.6) is 0 Å². The van der Waals surface area contributed by atoms with Crippen LogP contribution in [0.25, 0.3) is 33.0 Å². The van der Waals surface area contributed by atoms with Crippen LogP contribution < -0.4 is 10.6 Å². The van der Waals surface area contributed by atoms with Crippen molar-refractivity contribution in [3.05, 3.63) is 239 Å². The van der Waals surface area contributed by atoms with Crippen molar-refractivity contribution in [1.29, 1.82) is 5.26 Å². The number of nitrogens with two attached hydrogens (primary N) is 1. The topological polar surface area (TPSA) is 64.8 Å². The van der Waals surface area contributed by atoms with Gasteiger partial charge in [-0.1, -0.05) is 152 Å². The highest BCUT2D eigenvalue weighted by molar-refractivity contribution is 5.98. The molecule has 1 aliphatic heterocycles. The average molecular weight is 706 g/mol. The average Bonchev–Trinajstić information content (AvgIpc) is 3.56. The number of hydrogen-bond donors (Lipinski definition) is 2. The van der Waals surface area contributed by atoms with Crippen LogP contribution in [0.4, 0.5) is 0 Å². The van der Waals surface area contributed by atoms with E-state index in [1.807, 2.05) is 24.3 Å². The lowest BCUT2D eigenvalue weighted by atomic mass is 9.67. The first-order valence-electron chi connectivity index (χ1n) is 18.8. The molecule has 4 heteroatoms. The van der Waals surface area contributed by atoms with E-state index in [4.69, 9.17) is 4.99 Å². The highest BCUT2D eigenvalue weighted by Gasteiger charge is 2.46. The van der Waals surface area contributed by atoms with Gasteiger partial charge in [-0.15, -0.1) is 0 Å². The van der Waals surface area contributed by atoms with Crippen molar-refractivity contribution in [2.45, 2.75) is 17.7 Å². The van der Waals surface area contributed by atoms with Crippen LogP contribution in [-0.4, -0.2) is 5.84 Å². The molecule has 10 rings (SSSR count). The predicted octanol–water partition coefficient (Wildman–Crippen LogP) is 10.1. The van der Waals surface area contributed by atoms with E-state index in [0.717, 1.165) is 28.1 Å². The fourth-order valence-electron chi connectivity index (χ4n) is 8.73. The highest BCUT2D eigenvalue weighted by Crippen LogP contribution is 2.57. The van der Waals surface area contributed by atoms with E-state index < -0.39 is 5.41 Å². The van der Waals surface area contributed by atoms with Crippen molar-refractivity contribution in [2.24, 2.45) is 4.99 Å². The van der Waals surface area contributed by atoms with E-state index in [-0.39, 0.29) is 12.3 Å². The van der Waals surface area contributed by atoms with Crippen molar-refractivity contribution in [3.8, 4) is 28.3 Å². The molecule has 0 bridgehead atoms. The Morgan fingerprint density at radius 1 is 0.509 bits per heavy atom. The number of hydrogen-bond acceptors (Lipinski definition) is 3. The molecule has 55 heavy (non-hydrogen) atoms. The van der Waals surface area contributed by atoms with Crippen molar-refractivity contribution in [3.63, 3.8) is 0 Å². The first-order valence-corrected chi connectivity index (χ1v) is 18.8. The largest absolute Gasteiger partial charge is 0.278 e. The molecule has 3 unspecified atom stereocenters. The number of fused-ring (bicyclic) bond motifs is 4. The fourth-order valence-corrected chi connectivity index (χ4v) is 8.73. The summed E-state index contributed by atoms with van der Waals surface area (Å²) in [6, 6.07) is 71.7. The van der Waals surface area contributed by atoms with Crippen LogP contribution in [0.3, 0.4) is 0 Å². The summed E-state index contributed by atoms with van der Waals surface area (Å²) in [7, 11) is 0. The Morgan fingerprint density at radius 2 is 1.13 bits per heavy atom. The second kappa shape index (κ2) is 13.5. The monoisotopic (exact) mass is 705 g/mol. The molecule has 0 saturated carbocycles. The highest BCUT2D eigenvalue weighted by atomic mass is 15.3. The Hall–Kier alpha value is -6.90. The van der Waals surface area contributed by atoms with Gasteiger partial charge in [-0.05, 0) is 103 Å². The number of benzene rings is 8. The lowest BCUT2D eigenvalue weighted by Crippen LogP contribution is -2.93. The number of aliphatic imine (C=N–C) groups is 1. The van der Waals surface area contributed by atoms with Crippen LogP contribution in [0.2, 0.25) is 0 Å². The number of nitrogens with one attached hydrogen (secondary N) is 1. The summed E-state index contributed by atoms with van der Waals surface area (Å²) in [5.41, 5.74) is 13.3. The molecule has 2 aliphatic rings. The van der Waals surface area contributed by atoms with Crippen LogP contribution in [-0.2, 0) is 5.41 Å². The minimum absolute atomic E-state index is 0.0188. The number of quaternary nitrogens is 1. The zero-order chi connectivity index (χ0) is 36.8. The molecule has 0 fully saturated rings. The number of nitriles is 1. The van der Waals surface area contributed by atoms with Crippen molar-refractivity contribution >= 4 is 16.6 Å². The molecule has 1 aliphatic carbocycles. The van der Waals surface area contributed by atoms with Gasteiger partial charge in [-0.3, -0.25) is 5.32 Å². The summed E-state index contributed by atoms with van der Waals surface area (Å²) in [5.74, 6) is 0.982. The summed E-state index contributed by atoms with van der Waals surface area (Å²) in [4.78, 5) is 5.28. The van der Waals surface area contributed by atoms with Crippen LogP contribution in [0.1, 0.15) is 56.8 Å². The van der Waals surface area contributed by atoms with Gasteiger partial charge in [0.15, 0.2) is 6.17 Å². The van der Waals surface area contributed by atoms with Crippen molar-refractivity contribution in [1.82, 2.24) is 5.32 Å². The van der Waals surface area contributed by atoms with E-state index in [1.54, 1.807) is 0 Å². The minimum Gasteiger partial charge on any atom is -0.278 e. The maximum Gasteiger partial charge on any atom is 0.230 e. The Bertz CT molecular complexity index is 2750. The van der Waals surface area contributed by atoms with Gasteiger partial charge < -0.3 is 0 Å². The maximum absolute atomic E-state index is 9.37. The number of rotatable bonds is 6. The van der Waals surface area contributed by atoms with E-state index in [2.05, 4.69) is 187 Å². The zero-order valence-electron chi connectivity index (χ0n) is 30.1. The molecular formula is C51H37N4+. The first-order chi connectivity index (χ1) is 27.2. The maximum atomic E-state index is 9.37. The molecule has 3 N–H and O–H groups in total. The van der Waals surface area contributed by atoms with Gasteiger partial charge in [-0.2, -0.15) is 5.26 Å². The van der Waals surface area contributed by atoms with Crippen molar-refractivity contribution < 1.29 is 5.32 Å². The SMILES string of the molecule is N#Cc1ccc(-c2ccc3cc4c(cc3c2)C(c2ccccc2)(c2ccc(C3=NC(c5ccccc5)NC(c5ccccc5)[NH2+]3)cc2)c2ccccc2-4)cc1. The molecule has 3 atom stereocenters. The summed E-state index contributed by atoms with van der Waals surface area (Å²) in [6.07, 6.45) is -0.150. The van der Waals surface area contributed by atoms with Gasteiger partial charge in [0, 0.05) is 5.56 Å². The van der Waals surface area contributed by atoms with Gasteiger partial charge in [0.25, 0.3) is 0 Å². The smallest absolute Gasteiger partial charge is 0.230 e. The second-order valence-electron chi connectivity index (χ2n) is 14.4. The minimum atomic E-state index is -0.539. The summed E-state index contributed by atoms with van der Waals surface area (Å²) < 4.78 is 0. The molecule has 4 nitrogen and oxygen atoms in total. The lowest BCUT2D eigenvalue weighted by Gasteiger charge is -2.34. The normalized spacial score (nSPS) is 18.6. The third-order valence-corrected chi connectivity index (χ3v) is 11.4. The molecule has 260 valence electrons. The van der Waals surface area contributed by atoms with Crippen molar-refractivity contribution in [2.75, 3.05) is 0 Å². The Kier molecular flexibility index (Phi) is 8.03. The van der Waals surface area contributed by atoms with E-state index >= 15 is 0 Å². The summed E-state index contributed by atoms with van der Waals surface area (Å²) >= 11 is 0. The van der Waals surface area contributed by atoms with Gasteiger partial charge >= 0.3 is 0 Å². The fraction of sp³-hybridized carbons (Fsp3) is 0.0588. The Morgan fingerprint density at radius 3 is 1.85 bits per heavy atom. The lowest BCUT2D eigenvalue weighted by molar-refractivity contribution is -0.600. The Labute approximate surface area is 321 Å². The standard InChI is InChI=1S/C51H36N4/c52-33-34-20-22-35(23-21-34)39-24-25-40-31-45-44-18-10-11-19-46(44)51(42-16-8-3-9-17-42,47(45)32-41(40)30-39)43-28-26-38(27-29-43)50-54-48(36-12-4-1-5-13-36)53-49(55-50)37-14-6-2-7-15-37/h1-32,48-49,53H,(H,54,55)/p+1. The van der Waals surface area contributed by atoms with E-state index in [0.29, 0.717) is 5.56 Å². The van der Waals surface area contributed by atoms with Gasteiger partial charge in [0.2, 0.25) is 5.84 Å². The molecule has 0 amide bonds. The quantitative estimate of drug-likeness (QED) is 0.181. The third kappa shape index (κ3) is 5.57.